The van der Waals surface area contributed by atoms with Gasteiger partial charge in [-0.3, -0.25) is 5.10 Å². The van der Waals surface area contributed by atoms with E-state index >= 15 is 0 Å². The first-order valence-corrected chi connectivity index (χ1v) is 4.07. The molecule has 0 unspecified atom stereocenters. The molecule has 0 bridgehead atoms. The Morgan fingerprint density at radius 2 is 1.93 bits per heavy atom. The maximum atomic E-state index is 5.41. The lowest BCUT2D eigenvalue weighted by molar-refractivity contribution is 0.917. The van der Waals surface area contributed by atoms with Crippen LogP contribution in [0.1, 0.15) is 5.82 Å². The van der Waals surface area contributed by atoms with E-state index < -0.39 is 0 Å². The molecule has 0 saturated heterocycles. The number of nitrogens with zero attached hydrogens (tertiary/aromatic N) is 2. The van der Waals surface area contributed by atoms with Crippen LogP contribution in [0.5, 0.6) is 0 Å². The van der Waals surface area contributed by atoms with Gasteiger partial charge in [0.1, 0.15) is 5.82 Å². The molecular formula is C9H11BrN4. The second-order valence-corrected chi connectivity index (χ2v) is 2.68. The summed E-state index contributed by atoms with van der Waals surface area (Å²) in [5, 5.41) is 6.81. The summed E-state index contributed by atoms with van der Waals surface area (Å²) in [6.45, 7) is 0.389. The number of H-pyrrole nitrogens is 1. The van der Waals surface area contributed by atoms with Crippen molar-refractivity contribution >= 4 is 17.0 Å². The molecule has 0 atom stereocenters. The van der Waals surface area contributed by atoms with Gasteiger partial charge >= 0.3 is 0 Å². The van der Waals surface area contributed by atoms with Crippen molar-refractivity contribution in [3.05, 3.63) is 36.2 Å². The maximum Gasteiger partial charge on any atom is 0.181 e. The van der Waals surface area contributed by atoms with Gasteiger partial charge in [-0.1, -0.05) is 30.3 Å². The van der Waals surface area contributed by atoms with Crippen LogP contribution >= 0.6 is 17.0 Å². The first kappa shape index (κ1) is 10.9. The Labute approximate surface area is 92.3 Å². The van der Waals surface area contributed by atoms with E-state index in [1.54, 1.807) is 0 Å². The third-order valence-electron chi connectivity index (χ3n) is 1.76. The molecule has 0 radical (unpaired) electrons. The van der Waals surface area contributed by atoms with Crippen molar-refractivity contribution in [3.8, 4) is 11.4 Å². The molecule has 5 heteroatoms. The van der Waals surface area contributed by atoms with Gasteiger partial charge in [0.05, 0.1) is 6.54 Å². The third kappa shape index (κ3) is 2.18. The van der Waals surface area contributed by atoms with Crippen LogP contribution in [-0.2, 0) is 6.54 Å². The first-order chi connectivity index (χ1) is 6.40. The van der Waals surface area contributed by atoms with Crippen molar-refractivity contribution in [2.45, 2.75) is 6.54 Å². The highest BCUT2D eigenvalue weighted by atomic mass is 79.9. The second-order valence-electron chi connectivity index (χ2n) is 2.68. The Morgan fingerprint density at radius 3 is 2.50 bits per heavy atom. The van der Waals surface area contributed by atoms with Crippen LogP contribution in [0, 0.1) is 0 Å². The van der Waals surface area contributed by atoms with Crippen molar-refractivity contribution < 1.29 is 0 Å². The number of halogens is 1. The van der Waals surface area contributed by atoms with Gasteiger partial charge in [0, 0.05) is 5.56 Å². The molecule has 2 rings (SSSR count). The van der Waals surface area contributed by atoms with Crippen molar-refractivity contribution in [1.82, 2.24) is 15.2 Å². The molecule has 0 aliphatic rings. The number of hydrogen-bond acceptors (Lipinski definition) is 3. The summed E-state index contributed by atoms with van der Waals surface area (Å²) < 4.78 is 0. The van der Waals surface area contributed by atoms with E-state index in [4.69, 9.17) is 5.73 Å². The van der Waals surface area contributed by atoms with E-state index in [1.165, 1.54) is 0 Å². The van der Waals surface area contributed by atoms with E-state index in [0.717, 1.165) is 5.56 Å². The monoisotopic (exact) mass is 254 g/mol. The molecule has 1 aromatic carbocycles. The predicted octanol–water partition coefficient (Wildman–Crippen LogP) is 1.51. The highest BCUT2D eigenvalue weighted by Gasteiger charge is 2.02. The SMILES string of the molecule is Br.NCc1nc(-c2ccccc2)n[nH]1. The molecule has 0 fully saturated rings. The van der Waals surface area contributed by atoms with Gasteiger partial charge in [-0.05, 0) is 0 Å². The van der Waals surface area contributed by atoms with Crippen LogP contribution in [-0.4, -0.2) is 15.2 Å². The van der Waals surface area contributed by atoms with Gasteiger partial charge in [-0.25, -0.2) is 4.98 Å². The molecule has 0 spiro atoms. The number of aromatic nitrogens is 3. The second kappa shape index (κ2) is 4.88. The van der Waals surface area contributed by atoms with Crippen molar-refractivity contribution in [1.29, 1.82) is 0 Å². The van der Waals surface area contributed by atoms with Crippen LogP contribution in [0.4, 0.5) is 0 Å². The Kier molecular flexibility index (Phi) is 3.79. The normalized spacial score (nSPS) is 9.50. The van der Waals surface area contributed by atoms with Gasteiger partial charge in [0.25, 0.3) is 0 Å². The molecule has 3 N–H and O–H groups in total. The van der Waals surface area contributed by atoms with Crippen LogP contribution in [0.2, 0.25) is 0 Å². The minimum atomic E-state index is 0. The Bertz CT molecular complexity index is 385. The Morgan fingerprint density at radius 1 is 1.21 bits per heavy atom. The molecule has 0 amide bonds. The zero-order valence-electron chi connectivity index (χ0n) is 7.47. The molecule has 1 aromatic heterocycles. The minimum Gasteiger partial charge on any atom is -0.324 e. The summed E-state index contributed by atoms with van der Waals surface area (Å²) in [4.78, 5) is 4.21. The molecule has 4 nitrogen and oxygen atoms in total. The fourth-order valence-electron chi connectivity index (χ4n) is 1.10. The highest BCUT2D eigenvalue weighted by molar-refractivity contribution is 8.93. The molecule has 0 aliphatic heterocycles. The lowest BCUT2D eigenvalue weighted by Crippen LogP contribution is -1.97. The Hall–Kier alpha value is -1.20. The fraction of sp³-hybridized carbons (Fsp3) is 0.111. The smallest absolute Gasteiger partial charge is 0.181 e. The van der Waals surface area contributed by atoms with Crippen LogP contribution in [0.3, 0.4) is 0 Å². The summed E-state index contributed by atoms with van der Waals surface area (Å²) in [5.41, 5.74) is 6.41. The van der Waals surface area contributed by atoms with Gasteiger partial charge in [0.2, 0.25) is 0 Å². The predicted molar refractivity (Wildman–Crippen MR) is 60.0 cm³/mol. The number of benzene rings is 1. The summed E-state index contributed by atoms with van der Waals surface area (Å²) >= 11 is 0. The van der Waals surface area contributed by atoms with Crippen molar-refractivity contribution in [2.75, 3.05) is 0 Å². The molecule has 1 heterocycles. The topological polar surface area (TPSA) is 67.6 Å². The summed E-state index contributed by atoms with van der Waals surface area (Å²) in [6.07, 6.45) is 0. The first-order valence-electron chi connectivity index (χ1n) is 4.07. The molecule has 74 valence electrons. The van der Waals surface area contributed by atoms with E-state index in [0.29, 0.717) is 18.2 Å². The molecule has 2 aromatic rings. The molecule has 0 aliphatic carbocycles. The number of nitrogens with one attached hydrogen (secondary N) is 1. The van der Waals surface area contributed by atoms with E-state index in [9.17, 15) is 0 Å². The zero-order valence-corrected chi connectivity index (χ0v) is 9.19. The van der Waals surface area contributed by atoms with E-state index in [1.807, 2.05) is 30.3 Å². The van der Waals surface area contributed by atoms with Gasteiger partial charge in [0.15, 0.2) is 5.82 Å². The molecule has 14 heavy (non-hydrogen) atoms. The lowest BCUT2D eigenvalue weighted by Gasteiger charge is -1.91. The van der Waals surface area contributed by atoms with Gasteiger partial charge in [-0.2, -0.15) is 5.10 Å². The standard InChI is InChI=1S/C9H10N4.BrH/c10-6-8-11-9(13-12-8)7-4-2-1-3-5-7;/h1-5H,6,10H2,(H,11,12,13);1H. The molecule has 0 saturated carbocycles. The number of nitrogens with two attached hydrogens (primary N) is 1. The Balaban J connectivity index is 0.000000980. The quantitative estimate of drug-likeness (QED) is 0.854. The van der Waals surface area contributed by atoms with Crippen LogP contribution in [0.25, 0.3) is 11.4 Å². The summed E-state index contributed by atoms with van der Waals surface area (Å²) in [6, 6.07) is 9.79. The highest BCUT2D eigenvalue weighted by Crippen LogP contribution is 2.12. The number of rotatable bonds is 2. The van der Waals surface area contributed by atoms with Crippen LogP contribution < -0.4 is 5.73 Å². The molecular weight excluding hydrogens is 244 g/mol. The van der Waals surface area contributed by atoms with Gasteiger partial charge < -0.3 is 5.73 Å². The zero-order chi connectivity index (χ0) is 9.10. The van der Waals surface area contributed by atoms with Crippen molar-refractivity contribution in [3.63, 3.8) is 0 Å². The largest absolute Gasteiger partial charge is 0.324 e. The third-order valence-corrected chi connectivity index (χ3v) is 1.76. The summed E-state index contributed by atoms with van der Waals surface area (Å²) in [7, 11) is 0. The fourth-order valence-corrected chi connectivity index (χ4v) is 1.10. The van der Waals surface area contributed by atoms with E-state index in [-0.39, 0.29) is 17.0 Å². The van der Waals surface area contributed by atoms with E-state index in [2.05, 4.69) is 15.2 Å². The maximum absolute atomic E-state index is 5.41. The summed E-state index contributed by atoms with van der Waals surface area (Å²) in [5.74, 6) is 1.40. The van der Waals surface area contributed by atoms with Gasteiger partial charge in [-0.15, -0.1) is 17.0 Å². The number of aromatic amines is 1. The van der Waals surface area contributed by atoms with Crippen LogP contribution in [0.15, 0.2) is 30.3 Å². The number of hydrogen-bond donors (Lipinski definition) is 2. The average molecular weight is 255 g/mol. The van der Waals surface area contributed by atoms with Crippen molar-refractivity contribution in [2.24, 2.45) is 5.73 Å². The average Bonchev–Trinajstić information content (AvgIpc) is 2.67. The minimum absolute atomic E-state index is 0. The lowest BCUT2D eigenvalue weighted by atomic mass is 10.2.